The molecule has 0 radical (unpaired) electrons. The molecule has 1 aliphatic rings. The van der Waals surface area contributed by atoms with Crippen molar-refractivity contribution in [3.63, 3.8) is 0 Å². The van der Waals surface area contributed by atoms with Crippen molar-refractivity contribution in [2.75, 3.05) is 5.73 Å². The first-order chi connectivity index (χ1) is 8.80. The van der Waals surface area contributed by atoms with E-state index < -0.39 is 6.10 Å². The number of aromatic nitrogens is 1. The highest BCUT2D eigenvalue weighted by Gasteiger charge is 2.47. The van der Waals surface area contributed by atoms with Crippen LogP contribution < -0.4 is 16.6 Å². The van der Waals surface area contributed by atoms with Crippen LogP contribution in [0.1, 0.15) is 20.3 Å². The second-order valence-electron chi connectivity index (χ2n) is 5.62. The maximum atomic E-state index is 11.9. The van der Waals surface area contributed by atoms with E-state index >= 15 is 0 Å². The van der Waals surface area contributed by atoms with E-state index in [1.54, 1.807) is 0 Å². The Hall–Kier alpha value is -1.82. The highest BCUT2D eigenvalue weighted by Crippen LogP contribution is 2.40. The number of carbonyl (C=O) groups is 1. The summed E-state index contributed by atoms with van der Waals surface area (Å²) >= 11 is 0. The van der Waals surface area contributed by atoms with Crippen LogP contribution in [-0.4, -0.2) is 27.7 Å². The topological polar surface area (TPSA) is 97.3 Å². The minimum atomic E-state index is -0.395. The van der Waals surface area contributed by atoms with E-state index in [0.717, 1.165) is 0 Å². The highest BCUT2D eigenvalue weighted by molar-refractivity contribution is 5.76. The number of nitrogens with two attached hydrogens (primary N) is 1. The Morgan fingerprint density at radius 3 is 2.84 bits per heavy atom. The molecule has 1 aromatic rings. The summed E-state index contributed by atoms with van der Waals surface area (Å²) in [5, 5.41) is 12.4. The first-order valence-corrected chi connectivity index (χ1v) is 6.24. The van der Waals surface area contributed by atoms with Crippen LogP contribution >= 0.6 is 0 Å². The Balaban J connectivity index is 1.99. The van der Waals surface area contributed by atoms with E-state index in [1.165, 1.54) is 22.9 Å². The number of nitrogens with one attached hydrogen (secondary N) is 1. The van der Waals surface area contributed by atoms with Crippen LogP contribution in [0.4, 0.5) is 5.69 Å². The molecule has 4 N–H and O–H groups in total. The van der Waals surface area contributed by atoms with Crippen LogP contribution in [0, 0.1) is 5.41 Å². The summed E-state index contributed by atoms with van der Waals surface area (Å²) in [6.07, 6.45) is 1.60. The zero-order chi connectivity index (χ0) is 14.2. The molecular formula is C13H19N3O3. The van der Waals surface area contributed by atoms with Crippen molar-refractivity contribution < 1.29 is 9.90 Å². The number of nitrogen functional groups attached to an aromatic ring is 1. The van der Waals surface area contributed by atoms with Gasteiger partial charge in [-0.2, -0.15) is 0 Å². The molecule has 1 fully saturated rings. The van der Waals surface area contributed by atoms with Crippen LogP contribution in [0.25, 0.3) is 0 Å². The molecule has 19 heavy (non-hydrogen) atoms. The Labute approximate surface area is 111 Å². The van der Waals surface area contributed by atoms with Gasteiger partial charge in [0.15, 0.2) is 0 Å². The second-order valence-corrected chi connectivity index (χ2v) is 5.62. The first-order valence-electron chi connectivity index (χ1n) is 6.24. The van der Waals surface area contributed by atoms with Gasteiger partial charge < -0.3 is 20.7 Å². The van der Waals surface area contributed by atoms with Crippen molar-refractivity contribution >= 4 is 11.6 Å². The summed E-state index contributed by atoms with van der Waals surface area (Å²) < 4.78 is 1.27. The molecular weight excluding hydrogens is 246 g/mol. The normalized spacial score (nSPS) is 24.6. The van der Waals surface area contributed by atoms with Crippen molar-refractivity contribution in [1.82, 2.24) is 9.88 Å². The Kier molecular flexibility index (Phi) is 3.36. The van der Waals surface area contributed by atoms with E-state index in [-0.39, 0.29) is 29.5 Å². The van der Waals surface area contributed by atoms with Gasteiger partial charge in [-0.15, -0.1) is 0 Å². The quantitative estimate of drug-likeness (QED) is 0.699. The molecule has 2 unspecified atom stereocenters. The molecule has 1 aliphatic carbocycles. The molecule has 1 heterocycles. The lowest BCUT2D eigenvalue weighted by molar-refractivity contribution is -0.129. The lowest BCUT2D eigenvalue weighted by Gasteiger charge is -2.49. The average Bonchev–Trinajstić information content (AvgIpc) is 2.33. The molecule has 2 rings (SSSR count). The molecule has 2 atom stereocenters. The number of aliphatic hydroxyl groups is 1. The number of carbonyl (C=O) groups excluding carboxylic acids is 1. The monoisotopic (exact) mass is 265 g/mol. The molecule has 0 saturated heterocycles. The third-order valence-electron chi connectivity index (χ3n) is 3.87. The Morgan fingerprint density at radius 1 is 1.58 bits per heavy atom. The molecule has 104 valence electrons. The van der Waals surface area contributed by atoms with Crippen molar-refractivity contribution in [3.8, 4) is 0 Å². The standard InChI is InChI=1S/C13H19N3O3/c1-13(2)9(5-10(13)17)15-11(18)7-16-6-8(14)3-4-12(16)19/h3-4,6,9-10,17H,5,7,14H2,1-2H3,(H,15,18). The van der Waals surface area contributed by atoms with Gasteiger partial charge in [-0.05, 0) is 12.5 Å². The summed E-state index contributed by atoms with van der Waals surface area (Å²) in [5.41, 5.74) is 5.43. The van der Waals surface area contributed by atoms with E-state index in [9.17, 15) is 14.7 Å². The number of aliphatic hydroxyl groups excluding tert-OH is 1. The van der Waals surface area contributed by atoms with Gasteiger partial charge in [0.25, 0.3) is 5.56 Å². The molecule has 6 nitrogen and oxygen atoms in total. The molecule has 0 aliphatic heterocycles. The summed E-state index contributed by atoms with van der Waals surface area (Å²) in [6.45, 7) is 3.74. The van der Waals surface area contributed by atoms with Gasteiger partial charge in [0.2, 0.25) is 5.91 Å². The lowest BCUT2D eigenvalue weighted by Crippen LogP contribution is -2.61. The Morgan fingerprint density at radius 2 is 2.26 bits per heavy atom. The van der Waals surface area contributed by atoms with E-state index in [2.05, 4.69) is 5.32 Å². The lowest BCUT2D eigenvalue weighted by atomic mass is 9.64. The third kappa shape index (κ3) is 2.63. The molecule has 1 aromatic heterocycles. The average molecular weight is 265 g/mol. The Bertz CT molecular complexity index is 550. The number of anilines is 1. The predicted molar refractivity (Wildman–Crippen MR) is 71.4 cm³/mol. The number of rotatable bonds is 3. The summed E-state index contributed by atoms with van der Waals surface area (Å²) in [5.74, 6) is -0.252. The van der Waals surface area contributed by atoms with E-state index in [1.807, 2.05) is 13.8 Å². The zero-order valence-corrected chi connectivity index (χ0v) is 11.1. The summed E-state index contributed by atoms with van der Waals surface area (Å²) in [4.78, 5) is 23.4. The predicted octanol–water partition coefficient (Wildman–Crippen LogP) is -0.294. The maximum absolute atomic E-state index is 11.9. The van der Waals surface area contributed by atoms with Gasteiger partial charge in [0.05, 0.1) is 6.10 Å². The van der Waals surface area contributed by atoms with Crippen LogP contribution in [0.3, 0.4) is 0 Å². The third-order valence-corrected chi connectivity index (χ3v) is 3.87. The highest BCUT2D eigenvalue weighted by atomic mass is 16.3. The van der Waals surface area contributed by atoms with Crippen LogP contribution in [0.15, 0.2) is 23.1 Å². The van der Waals surface area contributed by atoms with Crippen molar-refractivity contribution in [3.05, 3.63) is 28.7 Å². The van der Waals surface area contributed by atoms with Crippen LogP contribution in [0.5, 0.6) is 0 Å². The van der Waals surface area contributed by atoms with Gasteiger partial charge in [-0.25, -0.2) is 0 Å². The number of amides is 1. The van der Waals surface area contributed by atoms with Gasteiger partial charge in [0.1, 0.15) is 6.54 Å². The maximum Gasteiger partial charge on any atom is 0.251 e. The minimum absolute atomic E-state index is 0.0629. The smallest absolute Gasteiger partial charge is 0.251 e. The zero-order valence-electron chi connectivity index (χ0n) is 11.1. The summed E-state index contributed by atoms with van der Waals surface area (Å²) in [6, 6.07) is 2.77. The van der Waals surface area contributed by atoms with Crippen molar-refractivity contribution in [1.29, 1.82) is 0 Å². The number of hydrogen-bond acceptors (Lipinski definition) is 4. The molecule has 1 amide bonds. The molecule has 6 heteroatoms. The molecule has 0 aromatic carbocycles. The fraction of sp³-hybridized carbons (Fsp3) is 0.538. The molecule has 1 saturated carbocycles. The number of hydrogen-bond donors (Lipinski definition) is 3. The SMILES string of the molecule is CC1(C)C(O)CC1NC(=O)Cn1cc(N)ccc1=O. The van der Waals surface area contributed by atoms with Crippen LogP contribution in [0.2, 0.25) is 0 Å². The fourth-order valence-corrected chi connectivity index (χ4v) is 2.22. The van der Waals surface area contributed by atoms with Gasteiger partial charge in [-0.1, -0.05) is 13.8 Å². The van der Waals surface area contributed by atoms with E-state index in [4.69, 9.17) is 5.73 Å². The van der Waals surface area contributed by atoms with Gasteiger partial charge in [-0.3, -0.25) is 9.59 Å². The second kappa shape index (κ2) is 4.70. The minimum Gasteiger partial charge on any atom is -0.398 e. The van der Waals surface area contributed by atoms with Crippen molar-refractivity contribution in [2.24, 2.45) is 5.41 Å². The number of nitrogens with zero attached hydrogens (tertiary/aromatic N) is 1. The van der Waals surface area contributed by atoms with Gasteiger partial charge in [0, 0.05) is 29.4 Å². The first kappa shape index (κ1) is 13.6. The van der Waals surface area contributed by atoms with Gasteiger partial charge >= 0.3 is 0 Å². The van der Waals surface area contributed by atoms with E-state index in [0.29, 0.717) is 12.1 Å². The van der Waals surface area contributed by atoms with Crippen LogP contribution in [-0.2, 0) is 11.3 Å². The molecule has 0 spiro atoms. The largest absolute Gasteiger partial charge is 0.398 e. The number of pyridine rings is 1. The fourth-order valence-electron chi connectivity index (χ4n) is 2.22. The molecule has 0 bridgehead atoms. The summed E-state index contributed by atoms with van der Waals surface area (Å²) in [7, 11) is 0. The van der Waals surface area contributed by atoms with Crippen molar-refractivity contribution in [2.45, 2.75) is 39.0 Å².